The lowest BCUT2D eigenvalue weighted by Gasteiger charge is -2.43. The number of esters is 1. The Bertz CT molecular complexity index is 894. The van der Waals surface area contributed by atoms with Gasteiger partial charge in [0.05, 0.1) is 5.92 Å². The Kier molecular flexibility index (Phi) is 5.51. The first-order valence-electron chi connectivity index (χ1n) is 12.7. The number of ether oxygens (including phenoxy) is 1. The van der Waals surface area contributed by atoms with Crippen LogP contribution in [0.25, 0.3) is 0 Å². The van der Waals surface area contributed by atoms with Gasteiger partial charge in [-0.25, -0.2) is 0 Å². The van der Waals surface area contributed by atoms with Gasteiger partial charge >= 0.3 is 5.97 Å². The van der Waals surface area contributed by atoms with E-state index in [0.717, 1.165) is 57.8 Å². The van der Waals surface area contributed by atoms with E-state index in [1.54, 1.807) is 12.5 Å². The van der Waals surface area contributed by atoms with E-state index in [4.69, 9.17) is 4.74 Å². The molecule has 0 aromatic heterocycles. The molecule has 5 rings (SSSR count). The highest BCUT2D eigenvalue weighted by atomic mass is 16.5. The van der Waals surface area contributed by atoms with Gasteiger partial charge in [-0.15, -0.1) is 0 Å². The average molecular weight is 423 g/mol. The molecular weight excluding hydrogens is 384 g/mol. The number of carbonyl (C=O) groups excluding carboxylic acids is 2. The first-order chi connectivity index (χ1) is 14.9. The summed E-state index contributed by atoms with van der Waals surface area (Å²) in [4.78, 5) is 25.1. The van der Waals surface area contributed by atoms with Crippen LogP contribution in [-0.2, 0) is 33.6 Å². The third kappa shape index (κ3) is 3.56. The first kappa shape index (κ1) is 21.2. The van der Waals surface area contributed by atoms with Crippen LogP contribution in [-0.4, -0.2) is 17.9 Å². The Morgan fingerprint density at radius 2 is 1.77 bits per heavy atom. The minimum absolute atomic E-state index is 0.0305. The first-order valence-corrected chi connectivity index (χ1v) is 12.7. The second-order valence-corrected chi connectivity index (χ2v) is 11.1. The Morgan fingerprint density at radius 1 is 1.00 bits per heavy atom. The summed E-state index contributed by atoms with van der Waals surface area (Å²) in [5.74, 6) is 1.27. The molecule has 0 aliphatic heterocycles. The standard InChI is InChI=1S/C28H38O3/c1-17-22-10-9-21(31-27(30)19-7-5-4-6-8-19)15-20(22)16-24-23(17)13-14-28(3)25(18(2)29)11-12-26(24)28/h16,19,21,25-26H,4-15H2,1-3H3. The summed E-state index contributed by atoms with van der Waals surface area (Å²) in [7, 11) is 0. The topological polar surface area (TPSA) is 43.4 Å². The molecule has 0 heterocycles. The Morgan fingerprint density at radius 3 is 2.52 bits per heavy atom. The van der Waals surface area contributed by atoms with Gasteiger partial charge in [0.2, 0.25) is 0 Å². The molecule has 3 heteroatoms. The van der Waals surface area contributed by atoms with E-state index in [2.05, 4.69) is 19.9 Å². The van der Waals surface area contributed by atoms with Crippen LogP contribution in [0, 0.1) is 24.2 Å². The minimum atomic E-state index is 0.0305. The van der Waals surface area contributed by atoms with Crippen molar-refractivity contribution < 1.29 is 14.3 Å². The number of rotatable bonds is 3. The van der Waals surface area contributed by atoms with Crippen molar-refractivity contribution in [2.24, 2.45) is 17.3 Å². The third-order valence-electron chi connectivity index (χ3n) is 9.47. The summed E-state index contributed by atoms with van der Waals surface area (Å²) in [5.41, 5.74) is 7.57. The van der Waals surface area contributed by atoms with E-state index < -0.39 is 0 Å². The summed E-state index contributed by atoms with van der Waals surface area (Å²) in [5, 5.41) is 0. The zero-order valence-electron chi connectivity index (χ0n) is 19.6. The molecule has 4 atom stereocenters. The number of hydrogen-bond acceptors (Lipinski definition) is 3. The predicted molar refractivity (Wildman–Crippen MR) is 122 cm³/mol. The van der Waals surface area contributed by atoms with E-state index in [1.807, 2.05) is 0 Å². The normalized spacial score (nSPS) is 32.7. The summed E-state index contributed by atoms with van der Waals surface area (Å²) in [6.45, 7) is 6.46. The lowest BCUT2D eigenvalue weighted by molar-refractivity contribution is -0.155. The van der Waals surface area contributed by atoms with Crippen molar-refractivity contribution in [3.05, 3.63) is 33.9 Å². The van der Waals surface area contributed by atoms with E-state index in [1.165, 1.54) is 41.5 Å². The summed E-state index contributed by atoms with van der Waals surface area (Å²) < 4.78 is 6.04. The van der Waals surface area contributed by atoms with Crippen molar-refractivity contribution in [3.63, 3.8) is 0 Å². The zero-order chi connectivity index (χ0) is 21.8. The SMILES string of the molecule is CC(=O)C1CCC2c3cc4c(c(C)c3CCC12C)CCC(OC(=O)C1CCCCC1)C4. The molecule has 2 fully saturated rings. The van der Waals surface area contributed by atoms with Crippen LogP contribution in [0.4, 0.5) is 0 Å². The Balaban J connectivity index is 1.39. The molecule has 31 heavy (non-hydrogen) atoms. The van der Waals surface area contributed by atoms with E-state index >= 15 is 0 Å². The van der Waals surface area contributed by atoms with Gasteiger partial charge in [-0.1, -0.05) is 32.3 Å². The molecule has 0 amide bonds. The molecule has 3 nitrogen and oxygen atoms in total. The smallest absolute Gasteiger partial charge is 0.309 e. The van der Waals surface area contributed by atoms with Crippen molar-refractivity contribution in [1.82, 2.24) is 0 Å². The summed E-state index contributed by atoms with van der Waals surface area (Å²) in [6.07, 6.45) is 12.9. The van der Waals surface area contributed by atoms with Crippen molar-refractivity contribution >= 4 is 11.8 Å². The molecule has 0 radical (unpaired) electrons. The van der Waals surface area contributed by atoms with Gasteiger partial charge in [0.1, 0.15) is 11.9 Å². The number of ketones is 1. The quantitative estimate of drug-likeness (QED) is 0.560. The molecule has 0 N–H and O–H groups in total. The fourth-order valence-corrected chi connectivity index (χ4v) is 7.68. The molecule has 0 bridgehead atoms. The number of benzene rings is 1. The fourth-order valence-electron chi connectivity index (χ4n) is 7.68. The molecule has 168 valence electrons. The largest absolute Gasteiger partial charge is 0.462 e. The highest BCUT2D eigenvalue weighted by Crippen LogP contribution is 2.59. The molecule has 4 aliphatic rings. The van der Waals surface area contributed by atoms with Crippen LogP contribution in [0.2, 0.25) is 0 Å². The fraction of sp³-hybridized carbons (Fsp3) is 0.714. The van der Waals surface area contributed by atoms with Crippen LogP contribution in [0.15, 0.2) is 6.07 Å². The second kappa shape index (κ2) is 8.05. The van der Waals surface area contributed by atoms with Crippen molar-refractivity contribution in [2.45, 2.75) is 110 Å². The highest BCUT2D eigenvalue weighted by Gasteiger charge is 2.51. The summed E-state index contributed by atoms with van der Waals surface area (Å²) in [6, 6.07) is 2.46. The van der Waals surface area contributed by atoms with Crippen molar-refractivity contribution in [1.29, 1.82) is 0 Å². The predicted octanol–water partition coefficient (Wildman–Crippen LogP) is 6.01. The van der Waals surface area contributed by atoms with Gasteiger partial charge in [-0.3, -0.25) is 9.59 Å². The average Bonchev–Trinajstić information content (AvgIpc) is 3.12. The molecule has 1 aromatic carbocycles. The summed E-state index contributed by atoms with van der Waals surface area (Å²) >= 11 is 0. The molecule has 0 saturated heterocycles. The van der Waals surface area contributed by atoms with Crippen LogP contribution >= 0.6 is 0 Å². The lowest BCUT2D eigenvalue weighted by Crippen LogP contribution is -2.36. The molecule has 4 aliphatic carbocycles. The maximum Gasteiger partial charge on any atom is 0.309 e. The maximum absolute atomic E-state index is 12.7. The van der Waals surface area contributed by atoms with Gasteiger partial charge < -0.3 is 4.74 Å². The van der Waals surface area contributed by atoms with Gasteiger partial charge in [0.25, 0.3) is 0 Å². The number of hydrogen-bond donors (Lipinski definition) is 0. The van der Waals surface area contributed by atoms with Crippen LogP contribution in [0.5, 0.6) is 0 Å². The highest BCUT2D eigenvalue weighted by molar-refractivity contribution is 5.80. The minimum Gasteiger partial charge on any atom is -0.462 e. The third-order valence-corrected chi connectivity index (χ3v) is 9.47. The monoisotopic (exact) mass is 422 g/mol. The maximum atomic E-state index is 12.7. The van der Waals surface area contributed by atoms with Crippen molar-refractivity contribution in [2.75, 3.05) is 0 Å². The van der Waals surface area contributed by atoms with Crippen LogP contribution < -0.4 is 0 Å². The number of carbonyl (C=O) groups is 2. The molecule has 2 saturated carbocycles. The Hall–Kier alpha value is -1.64. The Labute approximate surface area is 187 Å². The van der Waals surface area contributed by atoms with Gasteiger partial charge in [-0.2, -0.15) is 0 Å². The van der Waals surface area contributed by atoms with Crippen LogP contribution in [0.3, 0.4) is 0 Å². The van der Waals surface area contributed by atoms with E-state index in [9.17, 15) is 9.59 Å². The number of Topliss-reactive ketones (excluding diaryl/α,β-unsaturated/α-hetero) is 1. The molecular formula is C28H38O3. The van der Waals surface area contributed by atoms with Crippen molar-refractivity contribution in [3.8, 4) is 0 Å². The van der Waals surface area contributed by atoms with E-state index in [0.29, 0.717) is 11.7 Å². The van der Waals surface area contributed by atoms with Gasteiger partial charge in [0.15, 0.2) is 0 Å². The zero-order valence-corrected chi connectivity index (χ0v) is 19.6. The lowest BCUT2D eigenvalue weighted by atomic mass is 9.61. The molecule has 1 aromatic rings. The second-order valence-electron chi connectivity index (χ2n) is 11.1. The molecule has 0 spiro atoms. The molecule has 4 unspecified atom stereocenters. The number of fused-ring (bicyclic) bond motifs is 4. The van der Waals surface area contributed by atoms with Gasteiger partial charge in [0, 0.05) is 12.3 Å². The van der Waals surface area contributed by atoms with Gasteiger partial charge in [-0.05, 0) is 104 Å². The van der Waals surface area contributed by atoms with E-state index in [-0.39, 0.29) is 29.3 Å². The van der Waals surface area contributed by atoms with Crippen LogP contribution in [0.1, 0.15) is 105 Å².